The summed E-state index contributed by atoms with van der Waals surface area (Å²) in [5.74, 6) is 0.0912. The van der Waals surface area contributed by atoms with Crippen LogP contribution in [0.4, 0.5) is 5.69 Å². The van der Waals surface area contributed by atoms with Gasteiger partial charge in [-0.25, -0.2) is 0 Å². The van der Waals surface area contributed by atoms with Crippen LogP contribution in [0.25, 0.3) is 0 Å². The van der Waals surface area contributed by atoms with Crippen LogP contribution in [0.3, 0.4) is 0 Å². The summed E-state index contributed by atoms with van der Waals surface area (Å²) in [6.07, 6.45) is 1.41. The van der Waals surface area contributed by atoms with E-state index in [1.807, 2.05) is 31.2 Å². The molecule has 0 radical (unpaired) electrons. The number of benzene rings is 1. The summed E-state index contributed by atoms with van der Waals surface area (Å²) in [5.41, 5.74) is 7.46. The van der Waals surface area contributed by atoms with Crippen LogP contribution in [-0.4, -0.2) is 31.1 Å². The lowest BCUT2D eigenvalue weighted by molar-refractivity contribution is -0.131. The summed E-state index contributed by atoms with van der Waals surface area (Å²) in [7, 11) is 1.80. The second kappa shape index (κ2) is 7.71. The van der Waals surface area contributed by atoms with E-state index in [2.05, 4.69) is 0 Å². The normalized spacial score (nSPS) is 10.3. The van der Waals surface area contributed by atoms with E-state index >= 15 is 0 Å². The van der Waals surface area contributed by atoms with E-state index in [1.165, 1.54) is 0 Å². The number of nitrogens with zero attached hydrogens (tertiary/aromatic N) is 1. The summed E-state index contributed by atoms with van der Waals surface area (Å²) in [4.78, 5) is 13.5. The maximum absolute atomic E-state index is 11.8. The number of rotatable bonds is 7. The minimum atomic E-state index is 0.0912. The first-order chi connectivity index (χ1) is 8.63. The fourth-order valence-electron chi connectivity index (χ4n) is 1.65. The Morgan fingerprint density at radius 3 is 2.83 bits per heavy atom. The first-order valence-corrected chi connectivity index (χ1v) is 6.29. The molecule has 0 saturated carbocycles. The second-order valence-electron chi connectivity index (χ2n) is 4.36. The molecule has 0 unspecified atom stereocenters. The van der Waals surface area contributed by atoms with Crippen LogP contribution in [0, 0.1) is 0 Å². The first-order valence-electron chi connectivity index (χ1n) is 6.29. The molecule has 18 heavy (non-hydrogen) atoms. The van der Waals surface area contributed by atoms with Gasteiger partial charge in [-0.1, -0.05) is 19.1 Å². The molecule has 1 aromatic rings. The molecule has 0 atom stereocenters. The molecule has 0 aromatic heterocycles. The molecule has 1 amide bonds. The Morgan fingerprint density at radius 2 is 2.17 bits per heavy atom. The number of anilines is 1. The van der Waals surface area contributed by atoms with E-state index in [0.29, 0.717) is 26.2 Å². The van der Waals surface area contributed by atoms with Crippen LogP contribution in [-0.2, 0) is 16.1 Å². The van der Waals surface area contributed by atoms with E-state index in [-0.39, 0.29) is 5.91 Å². The van der Waals surface area contributed by atoms with Crippen molar-refractivity contribution in [1.29, 1.82) is 0 Å². The smallest absolute Gasteiger partial charge is 0.224 e. The van der Waals surface area contributed by atoms with E-state index in [4.69, 9.17) is 10.5 Å². The van der Waals surface area contributed by atoms with Crippen molar-refractivity contribution in [3.05, 3.63) is 29.8 Å². The van der Waals surface area contributed by atoms with E-state index < -0.39 is 0 Å². The molecule has 0 aliphatic rings. The summed E-state index contributed by atoms with van der Waals surface area (Å²) >= 11 is 0. The largest absolute Gasteiger partial charge is 0.399 e. The number of amides is 1. The van der Waals surface area contributed by atoms with Crippen LogP contribution in [0.2, 0.25) is 0 Å². The highest BCUT2D eigenvalue weighted by atomic mass is 16.5. The highest BCUT2D eigenvalue weighted by Gasteiger charge is 2.09. The Hall–Kier alpha value is -1.55. The minimum Gasteiger partial charge on any atom is -0.399 e. The predicted molar refractivity (Wildman–Crippen MR) is 73.1 cm³/mol. The van der Waals surface area contributed by atoms with Gasteiger partial charge in [0.25, 0.3) is 0 Å². The number of nitrogen functional groups attached to an aromatic ring is 1. The lowest BCUT2D eigenvalue weighted by Crippen LogP contribution is -2.27. The molecule has 0 heterocycles. The number of nitrogens with two attached hydrogens (primary N) is 1. The number of hydrogen-bond acceptors (Lipinski definition) is 3. The Labute approximate surface area is 109 Å². The van der Waals surface area contributed by atoms with E-state index in [9.17, 15) is 4.79 Å². The average Bonchev–Trinajstić information content (AvgIpc) is 2.34. The zero-order chi connectivity index (χ0) is 13.4. The minimum absolute atomic E-state index is 0.0912. The van der Waals surface area contributed by atoms with Gasteiger partial charge >= 0.3 is 0 Å². The third-order valence-electron chi connectivity index (χ3n) is 2.61. The predicted octanol–water partition coefficient (Wildman–Crippen LogP) is 2.04. The van der Waals surface area contributed by atoms with Gasteiger partial charge in [0.1, 0.15) is 0 Å². The highest BCUT2D eigenvalue weighted by molar-refractivity contribution is 5.76. The molecule has 4 heteroatoms. The van der Waals surface area contributed by atoms with Gasteiger partial charge in [-0.2, -0.15) is 0 Å². The van der Waals surface area contributed by atoms with Gasteiger partial charge in [-0.3, -0.25) is 4.79 Å². The van der Waals surface area contributed by atoms with Gasteiger partial charge in [0.05, 0.1) is 13.0 Å². The molecular weight excluding hydrogens is 228 g/mol. The van der Waals surface area contributed by atoms with Crippen molar-refractivity contribution in [2.24, 2.45) is 0 Å². The number of carbonyl (C=O) groups is 1. The molecule has 0 fully saturated rings. The Morgan fingerprint density at radius 1 is 1.39 bits per heavy atom. The van der Waals surface area contributed by atoms with Crippen LogP contribution in [0.5, 0.6) is 0 Å². The Balaban J connectivity index is 2.35. The maximum atomic E-state index is 11.8. The van der Waals surface area contributed by atoms with Crippen molar-refractivity contribution >= 4 is 11.6 Å². The zero-order valence-corrected chi connectivity index (χ0v) is 11.2. The van der Waals surface area contributed by atoms with Crippen molar-refractivity contribution in [2.75, 3.05) is 26.0 Å². The Kier molecular flexibility index (Phi) is 6.22. The standard InChI is InChI=1S/C14H22N2O2/c1-3-8-18-9-7-14(17)16(2)11-12-5-4-6-13(15)10-12/h4-6,10H,3,7-9,11,15H2,1-2H3. The summed E-state index contributed by atoms with van der Waals surface area (Å²) in [6.45, 7) is 3.84. The topological polar surface area (TPSA) is 55.6 Å². The third kappa shape index (κ3) is 5.19. The summed E-state index contributed by atoms with van der Waals surface area (Å²) in [6, 6.07) is 7.59. The van der Waals surface area contributed by atoms with Crippen LogP contribution >= 0.6 is 0 Å². The van der Waals surface area contributed by atoms with Crippen molar-refractivity contribution in [1.82, 2.24) is 4.90 Å². The SMILES string of the molecule is CCCOCCC(=O)N(C)Cc1cccc(N)c1. The summed E-state index contributed by atoms with van der Waals surface area (Å²) in [5, 5.41) is 0. The van der Waals surface area contributed by atoms with Crippen LogP contribution in [0.1, 0.15) is 25.3 Å². The maximum Gasteiger partial charge on any atom is 0.224 e. The van der Waals surface area contributed by atoms with Gasteiger partial charge in [0.15, 0.2) is 0 Å². The summed E-state index contributed by atoms with van der Waals surface area (Å²) < 4.78 is 5.31. The molecule has 1 rings (SSSR count). The molecule has 0 saturated heterocycles. The van der Waals surface area contributed by atoms with Gasteiger partial charge in [0.2, 0.25) is 5.91 Å². The van der Waals surface area contributed by atoms with Gasteiger partial charge in [0, 0.05) is 25.9 Å². The lowest BCUT2D eigenvalue weighted by Gasteiger charge is -2.17. The molecular formula is C14H22N2O2. The molecule has 1 aromatic carbocycles. The van der Waals surface area contributed by atoms with Crippen molar-refractivity contribution in [3.63, 3.8) is 0 Å². The third-order valence-corrected chi connectivity index (χ3v) is 2.61. The van der Waals surface area contributed by atoms with Crippen LogP contribution < -0.4 is 5.73 Å². The fourth-order valence-corrected chi connectivity index (χ4v) is 1.65. The molecule has 0 spiro atoms. The van der Waals surface area contributed by atoms with Crippen molar-refractivity contribution in [3.8, 4) is 0 Å². The fraction of sp³-hybridized carbons (Fsp3) is 0.500. The number of ether oxygens (including phenoxy) is 1. The van der Waals surface area contributed by atoms with Crippen LogP contribution in [0.15, 0.2) is 24.3 Å². The Bertz CT molecular complexity index is 380. The monoisotopic (exact) mass is 250 g/mol. The number of hydrogen-bond donors (Lipinski definition) is 1. The number of carbonyl (C=O) groups excluding carboxylic acids is 1. The van der Waals surface area contributed by atoms with Crippen molar-refractivity contribution in [2.45, 2.75) is 26.3 Å². The molecule has 100 valence electrons. The quantitative estimate of drug-likeness (QED) is 0.595. The molecule has 0 aliphatic carbocycles. The van der Waals surface area contributed by atoms with E-state index in [0.717, 1.165) is 17.7 Å². The van der Waals surface area contributed by atoms with Gasteiger partial charge < -0.3 is 15.4 Å². The van der Waals surface area contributed by atoms with Gasteiger partial charge in [-0.15, -0.1) is 0 Å². The second-order valence-corrected chi connectivity index (χ2v) is 4.36. The lowest BCUT2D eigenvalue weighted by atomic mass is 10.2. The molecule has 0 bridgehead atoms. The molecule has 0 aliphatic heterocycles. The molecule has 4 nitrogen and oxygen atoms in total. The average molecular weight is 250 g/mol. The zero-order valence-electron chi connectivity index (χ0n) is 11.2. The van der Waals surface area contributed by atoms with Crippen molar-refractivity contribution < 1.29 is 9.53 Å². The van der Waals surface area contributed by atoms with E-state index in [1.54, 1.807) is 11.9 Å². The van der Waals surface area contributed by atoms with Gasteiger partial charge in [-0.05, 0) is 24.1 Å². The molecule has 2 N–H and O–H groups in total. The highest BCUT2D eigenvalue weighted by Crippen LogP contribution is 2.09. The first kappa shape index (κ1) is 14.5.